The Kier molecular flexibility index (Phi) is 3.67. The van der Waals surface area contributed by atoms with E-state index in [-0.39, 0.29) is 16.8 Å². The van der Waals surface area contributed by atoms with Crippen molar-refractivity contribution >= 4 is 11.8 Å². The van der Waals surface area contributed by atoms with Crippen molar-refractivity contribution in [3.05, 3.63) is 63.1 Å². The molecule has 0 aliphatic heterocycles. The second-order valence-electron chi connectivity index (χ2n) is 7.15. The van der Waals surface area contributed by atoms with Crippen LogP contribution in [0.15, 0.2) is 35.3 Å². The smallest absolute Gasteiger partial charge is 0.341 e. The lowest BCUT2D eigenvalue weighted by Gasteiger charge is -2.31. The Labute approximate surface area is 139 Å². The van der Waals surface area contributed by atoms with Crippen LogP contribution in [0.1, 0.15) is 52.1 Å². The highest BCUT2D eigenvalue weighted by Gasteiger charge is 2.35. The summed E-state index contributed by atoms with van der Waals surface area (Å²) in [5, 5.41) is 9.57. The van der Waals surface area contributed by atoms with Crippen molar-refractivity contribution in [2.75, 3.05) is 0 Å². The molecule has 1 aliphatic rings. The lowest BCUT2D eigenvalue weighted by atomic mass is 9.73. The normalized spacial score (nSPS) is 15.9. The summed E-state index contributed by atoms with van der Waals surface area (Å²) in [6, 6.07) is 7.16. The van der Waals surface area contributed by atoms with Crippen LogP contribution in [0.2, 0.25) is 0 Å². The lowest BCUT2D eigenvalue weighted by molar-refractivity contribution is 0.0692. The van der Waals surface area contributed by atoms with Gasteiger partial charge < -0.3 is 5.11 Å². The molecule has 1 aromatic heterocycles. The van der Waals surface area contributed by atoms with E-state index in [4.69, 9.17) is 0 Å². The van der Waals surface area contributed by atoms with Crippen LogP contribution in [-0.2, 0) is 6.42 Å². The molecule has 0 amide bonds. The minimum atomic E-state index is -1.29. The standard InChI is InChI=1S/C19H19NO4/c1-11-4-6-12(7-5-11)20-10-14-13(16(17(20)22)18(23)24)8-19(2,3)9-15(14)21/h4-7,10H,8-9H2,1-3H3,(H,23,24). The van der Waals surface area contributed by atoms with Crippen molar-refractivity contribution < 1.29 is 14.7 Å². The highest BCUT2D eigenvalue weighted by atomic mass is 16.4. The number of carboxylic acids is 1. The molecule has 124 valence electrons. The van der Waals surface area contributed by atoms with E-state index in [0.717, 1.165) is 5.56 Å². The van der Waals surface area contributed by atoms with Gasteiger partial charge in [-0.1, -0.05) is 31.5 Å². The molecule has 5 heteroatoms. The Bertz CT molecular complexity index is 904. The van der Waals surface area contributed by atoms with Gasteiger partial charge in [0.05, 0.1) is 0 Å². The zero-order valence-corrected chi connectivity index (χ0v) is 13.9. The van der Waals surface area contributed by atoms with Gasteiger partial charge in [0, 0.05) is 23.9 Å². The average Bonchev–Trinajstić information content (AvgIpc) is 2.46. The molecule has 1 N–H and O–H groups in total. The number of rotatable bonds is 2. The summed E-state index contributed by atoms with van der Waals surface area (Å²) in [5.41, 5.74) is 1.03. The van der Waals surface area contributed by atoms with Gasteiger partial charge in [-0.2, -0.15) is 0 Å². The quantitative estimate of drug-likeness (QED) is 0.921. The first-order valence-electron chi connectivity index (χ1n) is 7.82. The molecule has 0 atom stereocenters. The molecular formula is C19H19NO4. The number of ketones is 1. The molecule has 1 aromatic carbocycles. The molecule has 5 nitrogen and oxygen atoms in total. The fraction of sp³-hybridized carbons (Fsp3) is 0.316. The fourth-order valence-corrected chi connectivity index (χ4v) is 3.26. The number of carboxylic acid groups (broad SMARTS) is 1. The Hall–Kier alpha value is -2.69. The highest BCUT2D eigenvalue weighted by Crippen LogP contribution is 2.35. The predicted octanol–water partition coefficient (Wildman–Crippen LogP) is 3.00. The van der Waals surface area contributed by atoms with Crippen molar-refractivity contribution in [3.63, 3.8) is 0 Å². The zero-order valence-electron chi connectivity index (χ0n) is 13.9. The number of pyridine rings is 1. The minimum absolute atomic E-state index is 0.121. The highest BCUT2D eigenvalue weighted by molar-refractivity contribution is 6.02. The molecule has 1 heterocycles. The van der Waals surface area contributed by atoms with E-state index >= 15 is 0 Å². The van der Waals surface area contributed by atoms with Gasteiger partial charge in [0.1, 0.15) is 5.56 Å². The fourth-order valence-electron chi connectivity index (χ4n) is 3.26. The number of nitrogens with zero attached hydrogens (tertiary/aromatic N) is 1. The van der Waals surface area contributed by atoms with Crippen LogP contribution in [0, 0.1) is 12.3 Å². The molecule has 0 radical (unpaired) electrons. The van der Waals surface area contributed by atoms with Crippen LogP contribution < -0.4 is 5.56 Å². The van der Waals surface area contributed by atoms with Gasteiger partial charge in [0.15, 0.2) is 5.78 Å². The molecule has 24 heavy (non-hydrogen) atoms. The van der Waals surface area contributed by atoms with E-state index in [0.29, 0.717) is 29.7 Å². The number of aryl methyl sites for hydroxylation is 1. The first-order valence-corrected chi connectivity index (χ1v) is 7.82. The van der Waals surface area contributed by atoms with Crippen LogP contribution in [0.25, 0.3) is 5.69 Å². The molecular weight excluding hydrogens is 306 g/mol. The molecule has 0 fully saturated rings. The topological polar surface area (TPSA) is 76.4 Å². The number of carbonyl (C=O) groups is 2. The summed E-state index contributed by atoms with van der Waals surface area (Å²) in [4.78, 5) is 37.0. The van der Waals surface area contributed by atoms with E-state index in [1.807, 2.05) is 32.9 Å². The van der Waals surface area contributed by atoms with Crippen molar-refractivity contribution in [2.45, 2.75) is 33.6 Å². The van der Waals surface area contributed by atoms with E-state index in [2.05, 4.69) is 0 Å². The molecule has 0 unspecified atom stereocenters. The number of hydrogen-bond acceptors (Lipinski definition) is 3. The number of benzene rings is 1. The van der Waals surface area contributed by atoms with Crippen LogP contribution in [-0.4, -0.2) is 21.4 Å². The Morgan fingerprint density at radius 1 is 1.12 bits per heavy atom. The first kappa shape index (κ1) is 16.2. The van der Waals surface area contributed by atoms with Gasteiger partial charge >= 0.3 is 5.97 Å². The summed E-state index contributed by atoms with van der Waals surface area (Å²) >= 11 is 0. The van der Waals surface area contributed by atoms with Gasteiger partial charge in [-0.15, -0.1) is 0 Å². The van der Waals surface area contributed by atoms with Crippen molar-refractivity contribution in [3.8, 4) is 5.69 Å². The Morgan fingerprint density at radius 3 is 2.33 bits per heavy atom. The zero-order chi connectivity index (χ0) is 17.6. The maximum atomic E-state index is 12.8. The predicted molar refractivity (Wildman–Crippen MR) is 90.2 cm³/mol. The number of hydrogen-bond donors (Lipinski definition) is 1. The lowest BCUT2D eigenvalue weighted by Crippen LogP contribution is -2.35. The molecule has 3 rings (SSSR count). The third-order valence-corrected chi connectivity index (χ3v) is 4.44. The number of carbonyl (C=O) groups excluding carboxylic acids is 1. The summed E-state index contributed by atoms with van der Waals surface area (Å²) in [7, 11) is 0. The number of fused-ring (bicyclic) bond motifs is 1. The molecule has 0 saturated heterocycles. The minimum Gasteiger partial charge on any atom is -0.477 e. The number of Topliss-reactive ketones (excluding diaryl/α,β-unsaturated/α-hetero) is 1. The molecule has 2 aromatic rings. The monoisotopic (exact) mass is 325 g/mol. The van der Waals surface area contributed by atoms with E-state index in [1.165, 1.54) is 10.8 Å². The van der Waals surface area contributed by atoms with Gasteiger partial charge in [0.2, 0.25) is 0 Å². The van der Waals surface area contributed by atoms with Crippen LogP contribution in [0.4, 0.5) is 0 Å². The largest absolute Gasteiger partial charge is 0.477 e. The molecule has 1 aliphatic carbocycles. The summed E-state index contributed by atoms with van der Waals surface area (Å²) in [6.07, 6.45) is 2.23. The molecule has 0 saturated carbocycles. The van der Waals surface area contributed by atoms with E-state index < -0.39 is 11.5 Å². The summed E-state index contributed by atoms with van der Waals surface area (Å²) in [6.45, 7) is 5.74. The SMILES string of the molecule is Cc1ccc(-n2cc3c(c(C(=O)O)c2=O)CC(C)(C)CC3=O)cc1. The van der Waals surface area contributed by atoms with Crippen molar-refractivity contribution in [1.82, 2.24) is 4.57 Å². The van der Waals surface area contributed by atoms with E-state index in [9.17, 15) is 19.5 Å². The average molecular weight is 325 g/mol. The van der Waals surface area contributed by atoms with Crippen LogP contribution >= 0.6 is 0 Å². The van der Waals surface area contributed by atoms with E-state index in [1.54, 1.807) is 12.1 Å². The molecule has 0 bridgehead atoms. The summed E-state index contributed by atoms with van der Waals surface area (Å²) in [5.74, 6) is -1.41. The third kappa shape index (κ3) is 2.66. The number of aromatic carboxylic acids is 1. The van der Waals surface area contributed by atoms with Gasteiger partial charge in [-0.3, -0.25) is 14.2 Å². The first-order chi connectivity index (χ1) is 11.2. The van der Waals surface area contributed by atoms with Crippen LogP contribution in [0.5, 0.6) is 0 Å². The number of aromatic nitrogens is 1. The molecule has 0 spiro atoms. The third-order valence-electron chi connectivity index (χ3n) is 4.44. The maximum absolute atomic E-state index is 12.8. The maximum Gasteiger partial charge on any atom is 0.341 e. The van der Waals surface area contributed by atoms with Gasteiger partial charge in [0.25, 0.3) is 5.56 Å². The second kappa shape index (κ2) is 5.44. The van der Waals surface area contributed by atoms with Crippen molar-refractivity contribution in [2.24, 2.45) is 5.41 Å². The van der Waals surface area contributed by atoms with Gasteiger partial charge in [-0.05, 0) is 36.5 Å². The van der Waals surface area contributed by atoms with Crippen LogP contribution in [0.3, 0.4) is 0 Å². The second-order valence-corrected chi connectivity index (χ2v) is 7.15. The Morgan fingerprint density at radius 2 is 1.75 bits per heavy atom. The summed E-state index contributed by atoms with van der Waals surface area (Å²) < 4.78 is 1.26. The Balaban J connectivity index is 2.32. The van der Waals surface area contributed by atoms with Gasteiger partial charge in [-0.25, -0.2) is 4.79 Å². The van der Waals surface area contributed by atoms with Crippen molar-refractivity contribution in [1.29, 1.82) is 0 Å².